The molecule has 12 heteroatoms. The molecule has 6 rings (SSSR count). The number of halogens is 1. The molecule has 0 amide bonds. The van der Waals surface area contributed by atoms with Gasteiger partial charge < -0.3 is 10.1 Å². The van der Waals surface area contributed by atoms with Gasteiger partial charge in [-0.2, -0.15) is 5.10 Å². The maximum atomic E-state index is 13.8. The normalized spacial score (nSPS) is 16.5. The summed E-state index contributed by atoms with van der Waals surface area (Å²) in [5, 5.41) is 14.6. The number of aromatic amines is 1. The second kappa shape index (κ2) is 9.41. The van der Waals surface area contributed by atoms with Gasteiger partial charge in [-0.1, -0.05) is 22.8 Å². The Morgan fingerprint density at radius 2 is 2.11 bits per heavy atom. The van der Waals surface area contributed by atoms with Gasteiger partial charge in [-0.3, -0.25) is 18.9 Å². The lowest BCUT2D eigenvalue weighted by atomic mass is 9.95. The summed E-state index contributed by atoms with van der Waals surface area (Å²) in [7, 11) is 0. The quantitative estimate of drug-likeness (QED) is 0.309. The van der Waals surface area contributed by atoms with E-state index in [1.165, 1.54) is 0 Å². The predicted molar refractivity (Wildman–Crippen MR) is 144 cm³/mol. The summed E-state index contributed by atoms with van der Waals surface area (Å²) in [5.74, 6) is -0.528. The summed E-state index contributed by atoms with van der Waals surface area (Å²) in [6.45, 7) is 7.73. The summed E-state index contributed by atoms with van der Waals surface area (Å²) < 4.78 is 14.0. The molecule has 5 heterocycles. The number of hydrogen-bond acceptors (Lipinski definition) is 8. The SMILES string of the molecule is CCn1c(=O)c2cc(C)cc(C(C)Nc3ccc(Cl)nc3-c3noc(=O)[nH]3)c2c2cnn([C@H]3CCOC3)c21. The molecule has 196 valence electrons. The molecule has 0 spiro atoms. The molecule has 1 unspecified atom stereocenters. The van der Waals surface area contributed by atoms with Crippen molar-refractivity contribution in [2.45, 2.75) is 45.8 Å². The van der Waals surface area contributed by atoms with E-state index in [9.17, 15) is 9.59 Å². The fraction of sp³-hybridized carbons (Fsp3) is 0.346. The largest absolute Gasteiger partial charge is 0.439 e. The smallest absolute Gasteiger partial charge is 0.379 e. The van der Waals surface area contributed by atoms with E-state index in [0.717, 1.165) is 34.0 Å². The Morgan fingerprint density at radius 1 is 1.26 bits per heavy atom. The summed E-state index contributed by atoms with van der Waals surface area (Å²) in [6.07, 6.45) is 2.70. The number of pyridine rings is 2. The fourth-order valence-electron chi connectivity index (χ4n) is 5.32. The average molecular weight is 536 g/mol. The highest BCUT2D eigenvalue weighted by Gasteiger charge is 2.26. The number of rotatable bonds is 6. The molecule has 0 aliphatic carbocycles. The first-order valence-electron chi connectivity index (χ1n) is 12.5. The van der Waals surface area contributed by atoms with E-state index in [2.05, 4.69) is 31.0 Å². The lowest BCUT2D eigenvalue weighted by Gasteiger charge is -2.21. The maximum Gasteiger partial charge on any atom is 0.439 e. The van der Waals surface area contributed by atoms with Gasteiger partial charge in [-0.05, 0) is 56.5 Å². The van der Waals surface area contributed by atoms with Gasteiger partial charge in [0.1, 0.15) is 16.5 Å². The number of aryl methyl sites for hydroxylation is 2. The number of nitrogens with one attached hydrogen (secondary N) is 2. The highest BCUT2D eigenvalue weighted by Crippen LogP contribution is 2.35. The second-order valence-corrected chi connectivity index (χ2v) is 9.90. The van der Waals surface area contributed by atoms with Crippen molar-refractivity contribution in [3.8, 4) is 11.5 Å². The Labute approximate surface area is 221 Å². The van der Waals surface area contributed by atoms with Crippen molar-refractivity contribution in [2.24, 2.45) is 0 Å². The Hall–Kier alpha value is -3.96. The van der Waals surface area contributed by atoms with Crippen LogP contribution in [0.4, 0.5) is 5.69 Å². The van der Waals surface area contributed by atoms with Gasteiger partial charge in [0.25, 0.3) is 5.56 Å². The molecule has 2 N–H and O–H groups in total. The zero-order valence-electron chi connectivity index (χ0n) is 21.1. The topological polar surface area (TPSA) is 133 Å². The van der Waals surface area contributed by atoms with Crippen LogP contribution in [0.5, 0.6) is 0 Å². The molecule has 1 aliphatic heterocycles. The van der Waals surface area contributed by atoms with Crippen LogP contribution in [-0.4, -0.2) is 42.7 Å². The van der Waals surface area contributed by atoms with Crippen LogP contribution in [-0.2, 0) is 11.3 Å². The van der Waals surface area contributed by atoms with E-state index in [1.807, 2.05) is 37.7 Å². The summed E-state index contributed by atoms with van der Waals surface area (Å²) in [6, 6.07) is 7.24. The number of fused-ring (bicyclic) bond motifs is 3. The minimum absolute atomic E-state index is 0.0539. The van der Waals surface area contributed by atoms with E-state index >= 15 is 0 Å². The summed E-state index contributed by atoms with van der Waals surface area (Å²) in [4.78, 5) is 32.3. The lowest BCUT2D eigenvalue weighted by Crippen LogP contribution is -2.24. The van der Waals surface area contributed by atoms with Gasteiger partial charge >= 0.3 is 5.76 Å². The number of ether oxygens (including phenoxy) is 1. The van der Waals surface area contributed by atoms with Crippen molar-refractivity contribution in [1.82, 2.24) is 29.5 Å². The number of benzene rings is 1. The van der Waals surface area contributed by atoms with E-state index < -0.39 is 5.76 Å². The molecule has 11 nitrogen and oxygen atoms in total. The van der Waals surface area contributed by atoms with Crippen molar-refractivity contribution >= 4 is 39.1 Å². The highest BCUT2D eigenvalue weighted by atomic mass is 35.5. The Bertz CT molecular complexity index is 1800. The van der Waals surface area contributed by atoms with Gasteiger partial charge in [0.15, 0.2) is 0 Å². The van der Waals surface area contributed by atoms with Crippen LogP contribution in [0.1, 0.15) is 43.5 Å². The predicted octanol–water partition coefficient (Wildman–Crippen LogP) is 4.21. The number of H-pyrrole nitrogens is 1. The first-order valence-corrected chi connectivity index (χ1v) is 12.8. The summed E-state index contributed by atoms with van der Waals surface area (Å²) in [5.41, 5.74) is 3.58. The van der Waals surface area contributed by atoms with Crippen LogP contribution in [0.25, 0.3) is 33.3 Å². The number of nitrogens with zero attached hydrogens (tertiary/aromatic N) is 5. The standard InChI is InChI=1S/C26H26ClN7O4/c1-4-33-24-18(11-28-34(24)15-7-8-37-12-15)21-16(9-13(2)10-17(21)25(33)35)14(3)29-19-5-6-20(27)30-22(19)23-31-26(36)38-32-23/h5-6,9-11,14-15,29H,4,7-8,12H2,1-3H3,(H,31,32,36)/t14?,15-/m0/s1. The molecule has 1 fully saturated rings. The molecular formula is C26H26ClN7O4. The van der Waals surface area contributed by atoms with Gasteiger partial charge in [0, 0.05) is 35.4 Å². The van der Waals surface area contributed by atoms with Crippen molar-refractivity contribution in [2.75, 3.05) is 18.5 Å². The average Bonchev–Trinajstić information content (AvgIpc) is 3.66. The molecule has 0 radical (unpaired) electrons. The molecule has 2 atom stereocenters. The molecule has 5 aromatic rings. The van der Waals surface area contributed by atoms with Crippen molar-refractivity contribution in [3.05, 3.63) is 67.6 Å². The maximum absolute atomic E-state index is 13.8. The van der Waals surface area contributed by atoms with Crippen LogP contribution in [0, 0.1) is 6.92 Å². The van der Waals surface area contributed by atoms with Crippen LogP contribution < -0.4 is 16.6 Å². The van der Waals surface area contributed by atoms with Crippen LogP contribution in [0.15, 0.2) is 44.6 Å². The monoisotopic (exact) mass is 535 g/mol. The third-order valence-corrected chi connectivity index (χ3v) is 7.23. The number of anilines is 1. The molecule has 1 aromatic carbocycles. The molecule has 1 aliphatic rings. The van der Waals surface area contributed by atoms with E-state index in [1.54, 1.807) is 16.7 Å². The summed E-state index contributed by atoms with van der Waals surface area (Å²) >= 11 is 6.15. The van der Waals surface area contributed by atoms with Crippen molar-refractivity contribution in [1.29, 1.82) is 0 Å². The van der Waals surface area contributed by atoms with Gasteiger partial charge in [-0.25, -0.2) is 14.5 Å². The van der Waals surface area contributed by atoms with Gasteiger partial charge in [-0.15, -0.1) is 0 Å². The van der Waals surface area contributed by atoms with Crippen molar-refractivity contribution < 1.29 is 9.26 Å². The first kappa shape index (κ1) is 24.4. The molecular weight excluding hydrogens is 510 g/mol. The van der Waals surface area contributed by atoms with Crippen LogP contribution >= 0.6 is 11.6 Å². The molecule has 38 heavy (non-hydrogen) atoms. The fourth-order valence-corrected chi connectivity index (χ4v) is 5.47. The minimum atomic E-state index is -0.690. The highest BCUT2D eigenvalue weighted by molar-refractivity contribution is 6.29. The molecule has 0 bridgehead atoms. The number of aromatic nitrogens is 6. The minimum Gasteiger partial charge on any atom is -0.379 e. The van der Waals surface area contributed by atoms with E-state index in [-0.39, 0.29) is 28.6 Å². The zero-order chi connectivity index (χ0) is 26.6. The van der Waals surface area contributed by atoms with Gasteiger partial charge in [0.2, 0.25) is 5.82 Å². The Balaban J connectivity index is 1.54. The molecule has 0 saturated carbocycles. The van der Waals surface area contributed by atoms with Gasteiger partial charge in [0.05, 0.1) is 24.5 Å². The van der Waals surface area contributed by atoms with Crippen LogP contribution in [0.2, 0.25) is 5.15 Å². The second-order valence-electron chi connectivity index (χ2n) is 9.51. The number of hydrogen-bond donors (Lipinski definition) is 2. The third kappa shape index (κ3) is 3.98. The lowest BCUT2D eigenvalue weighted by molar-refractivity contribution is 0.185. The Kier molecular flexibility index (Phi) is 6.04. The van der Waals surface area contributed by atoms with E-state index in [4.69, 9.17) is 21.4 Å². The third-order valence-electron chi connectivity index (χ3n) is 7.02. The zero-order valence-corrected chi connectivity index (χ0v) is 21.9. The van der Waals surface area contributed by atoms with E-state index in [0.29, 0.717) is 36.5 Å². The molecule has 1 saturated heterocycles. The van der Waals surface area contributed by atoms with Crippen LogP contribution in [0.3, 0.4) is 0 Å². The van der Waals surface area contributed by atoms with Crippen molar-refractivity contribution in [3.63, 3.8) is 0 Å². The Morgan fingerprint density at radius 3 is 2.82 bits per heavy atom. The molecule has 4 aromatic heterocycles. The first-order chi connectivity index (χ1) is 18.4.